The van der Waals surface area contributed by atoms with E-state index in [1.54, 1.807) is 0 Å². The third kappa shape index (κ3) is 2.88. The zero-order valence-corrected chi connectivity index (χ0v) is 10.6. The van der Waals surface area contributed by atoms with E-state index in [0.717, 1.165) is 6.07 Å². The number of nitrogen functional groups attached to an aromatic ring is 1. The zero-order chi connectivity index (χ0) is 11.8. The van der Waals surface area contributed by atoms with Crippen LogP contribution < -0.4 is 5.73 Å². The van der Waals surface area contributed by atoms with Crippen LogP contribution in [0.3, 0.4) is 0 Å². The number of alkyl halides is 2. The van der Waals surface area contributed by atoms with Crippen LogP contribution in [0.2, 0.25) is 0 Å². The summed E-state index contributed by atoms with van der Waals surface area (Å²) in [6.07, 6.45) is -2.86. The molecule has 1 rings (SSSR count). The molecule has 1 aromatic rings. The van der Waals surface area contributed by atoms with E-state index >= 15 is 0 Å². The molecule has 0 spiro atoms. The number of nitrogens with zero attached hydrogens (tertiary/aromatic N) is 1. The van der Waals surface area contributed by atoms with Gasteiger partial charge in [0.25, 0.3) is 15.5 Å². The van der Waals surface area contributed by atoms with Gasteiger partial charge in [0.15, 0.2) is 0 Å². The lowest BCUT2D eigenvalue weighted by atomic mass is 10.3. The molecule has 2 N–H and O–H groups in total. The highest BCUT2D eigenvalue weighted by atomic mass is 127. The van der Waals surface area contributed by atoms with E-state index in [2.05, 4.69) is 4.98 Å². The molecule has 0 saturated heterocycles. The van der Waals surface area contributed by atoms with Gasteiger partial charge >= 0.3 is 0 Å². The molecule has 15 heavy (non-hydrogen) atoms. The lowest BCUT2D eigenvalue weighted by Crippen LogP contribution is -2.05. The monoisotopic (exact) mass is 368 g/mol. The van der Waals surface area contributed by atoms with Crippen molar-refractivity contribution in [2.24, 2.45) is 0 Å². The van der Waals surface area contributed by atoms with E-state index in [4.69, 9.17) is 16.4 Å². The average molecular weight is 369 g/mol. The summed E-state index contributed by atoms with van der Waals surface area (Å²) >= 11 is 1.50. The lowest BCUT2D eigenvalue weighted by molar-refractivity contribution is 0.146. The Hall–Kier alpha value is -0.220. The van der Waals surface area contributed by atoms with E-state index in [-0.39, 0.29) is 8.60 Å². The Morgan fingerprint density at radius 1 is 1.53 bits per heavy atom. The van der Waals surface area contributed by atoms with E-state index in [9.17, 15) is 17.2 Å². The Kier molecular flexibility index (Phi) is 3.71. The van der Waals surface area contributed by atoms with Crippen molar-refractivity contribution in [3.63, 3.8) is 0 Å². The summed E-state index contributed by atoms with van der Waals surface area (Å²) in [5, 5.41) is 0. The molecule has 0 atom stereocenters. The standard InChI is InChI=1S/C6H4ClF2IN2O2S/c7-15(13,14)3-1-2(11)4(5(8)9)12-6(3)10/h1,5H,11H2. The number of hydrogen-bond acceptors (Lipinski definition) is 4. The minimum Gasteiger partial charge on any atom is -0.397 e. The predicted octanol–water partition coefficient (Wildman–Crippen LogP) is 2.13. The van der Waals surface area contributed by atoms with Crippen molar-refractivity contribution in [3.05, 3.63) is 15.5 Å². The first-order valence-electron chi connectivity index (χ1n) is 3.42. The highest BCUT2D eigenvalue weighted by Crippen LogP contribution is 2.29. The van der Waals surface area contributed by atoms with Crippen LogP contribution >= 0.6 is 33.3 Å². The number of nitrogens with two attached hydrogens (primary N) is 1. The third-order valence-corrected chi connectivity index (χ3v) is 4.00. The smallest absolute Gasteiger partial charge is 0.282 e. The minimum atomic E-state index is -4.02. The number of anilines is 1. The minimum absolute atomic E-state index is 0.132. The molecule has 1 heterocycles. The average Bonchev–Trinajstić information content (AvgIpc) is 2.06. The maximum Gasteiger partial charge on any atom is 0.282 e. The SMILES string of the molecule is Nc1cc(S(=O)(=O)Cl)c(I)nc1C(F)F. The van der Waals surface area contributed by atoms with Crippen LogP contribution in [-0.4, -0.2) is 13.4 Å². The normalized spacial score (nSPS) is 12.1. The van der Waals surface area contributed by atoms with Gasteiger partial charge in [0, 0.05) is 10.7 Å². The van der Waals surface area contributed by atoms with Gasteiger partial charge in [-0.25, -0.2) is 22.2 Å². The fourth-order valence-corrected chi connectivity index (χ4v) is 3.39. The Bertz CT molecular complexity index is 494. The molecular weight excluding hydrogens is 364 g/mol. The Morgan fingerprint density at radius 2 is 2.07 bits per heavy atom. The molecule has 0 saturated carbocycles. The highest BCUT2D eigenvalue weighted by Gasteiger charge is 2.21. The number of rotatable bonds is 2. The van der Waals surface area contributed by atoms with Crippen LogP contribution in [-0.2, 0) is 9.05 Å². The second kappa shape index (κ2) is 4.34. The van der Waals surface area contributed by atoms with Crippen LogP contribution in [0.25, 0.3) is 0 Å². The number of halogens is 4. The van der Waals surface area contributed by atoms with Gasteiger partial charge in [-0.15, -0.1) is 0 Å². The Labute approximate surface area is 102 Å². The molecule has 0 fully saturated rings. The molecule has 0 aliphatic carbocycles. The number of pyridine rings is 1. The number of aromatic nitrogens is 1. The van der Waals surface area contributed by atoms with Gasteiger partial charge in [-0.05, 0) is 28.7 Å². The quantitative estimate of drug-likeness (QED) is 0.493. The molecule has 9 heteroatoms. The van der Waals surface area contributed by atoms with Crippen molar-refractivity contribution < 1.29 is 17.2 Å². The van der Waals surface area contributed by atoms with Gasteiger partial charge in [0.05, 0.1) is 5.69 Å². The van der Waals surface area contributed by atoms with Crippen LogP contribution in [0.15, 0.2) is 11.0 Å². The van der Waals surface area contributed by atoms with Crippen LogP contribution in [0, 0.1) is 3.70 Å². The molecule has 84 valence electrons. The summed E-state index contributed by atoms with van der Waals surface area (Å²) in [5.74, 6) is 0. The zero-order valence-electron chi connectivity index (χ0n) is 6.92. The molecule has 0 aliphatic rings. The van der Waals surface area contributed by atoms with Crippen molar-refractivity contribution in [2.45, 2.75) is 11.3 Å². The predicted molar refractivity (Wildman–Crippen MR) is 59.4 cm³/mol. The van der Waals surface area contributed by atoms with E-state index < -0.39 is 26.9 Å². The van der Waals surface area contributed by atoms with Crippen molar-refractivity contribution in [3.8, 4) is 0 Å². The summed E-state index contributed by atoms with van der Waals surface area (Å²) < 4.78 is 46.4. The first-order chi connectivity index (χ1) is 6.73. The molecule has 1 aromatic heterocycles. The molecular formula is C6H4ClF2IN2O2S. The lowest BCUT2D eigenvalue weighted by Gasteiger charge is -2.06. The van der Waals surface area contributed by atoms with Gasteiger partial charge in [-0.3, -0.25) is 0 Å². The van der Waals surface area contributed by atoms with Crippen molar-refractivity contribution in [2.75, 3.05) is 5.73 Å². The molecule has 0 unspecified atom stereocenters. The molecule has 0 radical (unpaired) electrons. The molecule has 0 aliphatic heterocycles. The second-order valence-electron chi connectivity index (χ2n) is 2.49. The van der Waals surface area contributed by atoms with Gasteiger partial charge < -0.3 is 5.73 Å². The largest absolute Gasteiger partial charge is 0.397 e. The van der Waals surface area contributed by atoms with Crippen LogP contribution in [0.4, 0.5) is 14.5 Å². The molecule has 0 bridgehead atoms. The fourth-order valence-electron chi connectivity index (χ4n) is 0.846. The van der Waals surface area contributed by atoms with Gasteiger partial charge in [-0.2, -0.15) is 0 Å². The Morgan fingerprint density at radius 3 is 2.47 bits per heavy atom. The topological polar surface area (TPSA) is 73.1 Å². The van der Waals surface area contributed by atoms with Crippen LogP contribution in [0.1, 0.15) is 12.1 Å². The maximum atomic E-state index is 12.3. The summed E-state index contributed by atoms with van der Waals surface area (Å²) in [7, 11) is 1.03. The van der Waals surface area contributed by atoms with Gasteiger partial charge in [-0.1, -0.05) is 0 Å². The first kappa shape index (κ1) is 12.8. The molecule has 0 amide bonds. The summed E-state index contributed by atoms with van der Waals surface area (Å²) in [5.41, 5.74) is 4.17. The van der Waals surface area contributed by atoms with Gasteiger partial charge in [0.2, 0.25) is 0 Å². The Balaban J connectivity index is 3.46. The van der Waals surface area contributed by atoms with E-state index in [0.29, 0.717) is 0 Å². The third-order valence-electron chi connectivity index (χ3n) is 1.47. The maximum absolute atomic E-state index is 12.3. The van der Waals surface area contributed by atoms with Crippen molar-refractivity contribution in [1.82, 2.24) is 4.98 Å². The highest BCUT2D eigenvalue weighted by molar-refractivity contribution is 14.1. The van der Waals surface area contributed by atoms with Crippen molar-refractivity contribution in [1.29, 1.82) is 0 Å². The van der Waals surface area contributed by atoms with E-state index in [1.807, 2.05) is 0 Å². The van der Waals surface area contributed by atoms with Gasteiger partial charge in [0.1, 0.15) is 14.3 Å². The van der Waals surface area contributed by atoms with E-state index in [1.165, 1.54) is 22.6 Å². The molecule has 4 nitrogen and oxygen atoms in total. The van der Waals surface area contributed by atoms with Crippen molar-refractivity contribution >= 4 is 48.0 Å². The molecule has 0 aromatic carbocycles. The summed E-state index contributed by atoms with van der Waals surface area (Å²) in [6.45, 7) is 0. The number of hydrogen-bond donors (Lipinski definition) is 1. The van der Waals surface area contributed by atoms with Crippen LogP contribution in [0.5, 0.6) is 0 Å². The summed E-state index contributed by atoms with van der Waals surface area (Å²) in [4.78, 5) is 3.02. The second-order valence-corrected chi connectivity index (χ2v) is 6.05. The first-order valence-corrected chi connectivity index (χ1v) is 6.81. The fraction of sp³-hybridized carbons (Fsp3) is 0.167. The summed E-state index contributed by atoms with van der Waals surface area (Å²) in [6, 6.07) is 0.874.